The van der Waals surface area contributed by atoms with Gasteiger partial charge in [-0.15, -0.1) is 0 Å². The molecule has 0 radical (unpaired) electrons. The van der Waals surface area contributed by atoms with Crippen molar-refractivity contribution in [2.24, 2.45) is 5.92 Å². The first-order valence-electron chi connectivity index (χ1n) is 9.78. The number of hydrogen-bond acceptors (Lipinski definition) is 8. The molecular weight excluding hydrogens is 402 g/mol. The molecule has 0 aromatic carbocycles. The average molecular weight is 421 g/mol. The Bertz CT molecular complexity index is 1120. The zero-order chi connectivity index (χ0) is 20.3. The molecule has 4 aromatic heterocycles. The number of carbonyl (C=O) groups excluding carboxylic acids is 1. The molecule has 1 saturated heterocycles. The van der Waals surface area contributed by atoms with E-state index in [2.05, 4.69) is 20.3 Å². The van der Waals surface area contributed by atoms with Crippen LogP contribution in [0, 0.1) is 5.92 Å². The number of aromatic nitrogens is 4. The van der Waals surface area contributed by atoms with Crippen molar-refractivity contribution in [1.82, 2.24) is 25.2 Å². The minimum absolute atomic E-state index is 0.122. The molecule has 9 heteroatoms. The number of amides is 1. The maximum Gasteiger partial charge on any atom is 0.276 e. The highest BCUT2D eigenvalue weighted by Gasteiger charge is 2.28. The lowest BCUT2D eigenvalue weighted by Gasteiger charge is -2.31. The number of piperidine rings is 1. The van der Waals surface area contributed by atoms with Crippen molar-refractivity contribution < 1.29 is 13.8 Å². The number of thiophene rings is 1. The van der Waals surface area contributed by atoms with Crippen molar-refractivity contribution in [3.05, 3.63) is 59.0 Å². The smallest absolute Gasteiger partial charge is 0.276 e. The summed E-state index contributed by atoms with van der Waals surface area (Å²) in [6, 6.07) is 7.33. The Kier molecular flexibility index (Phi) is 5.10. The van der Waals surface area contributed by atoms with Gasteiger partial charge >= 0.3 is 0 Å². The van der Waals surface area contributed by atoms with Gasteiger partial charge in [-0.05, 0) is 42.3 Å². The van der Waals surface area contributed by atoms with Crippen LogP contribution in [0.1, 0.15) is 29.2 Å². The third kappa shape index (κ3) is 3.88. The van der Waals surface area contributed by atoms with Crippen LogP contribution in [-0.2, 0) is 6.42 Å². The van der Waals surface area contributed by atoms with Gasteiger partial charge in [0.1, 0.15) is 0 Å². The van der Waals surface area contributed by atoms with Crippen LogP contribution in [0.15, 0.2) is 56.5 Å². The quantitative estimate of drug-likeness (QED) is 0.481. The topological polar surface area (TPSA) is 98.2 Å². The van der Waals surface area contributed by atoms with E-state index in [1.807, 2.05) is 33.9 Å². The molecule has 0 spiro atoms. The van der Waals surface area contributed by atoms with Gasteiger partial charge in [0.25, 0.3) is 5.91 Å². The van der Waals surface area contributed by atoms with E-state index in [0.717, 1.165) is 24.0 Å². The Morgan fingerprint density at radius 3 is 3.03 bits per heavy atom. The van der Waals surface area contributed by atoms with Crippen LogP contribution >= 0.6 is 11.3 Å². The van der Waals surface area contributed by atoms with Gasteiger partial charge in [-0.1, -0.05) is 10.3 Å². The predicted molar refractivity (Wildman–Crippen MR) is 110 cm³/mol. The molecule has 0 unspecified atom stereocenters. The first-order chi connectivity index (χ1) is 14.8. The summed E-state index contributed by atoms with van der Waals surface area (Å²) in [5, 5.41) is 12.0. The van der Waals surface area contributed by atoms with Gasteiger partial charge in [0.2, 0.25) is 11.7 Å². The molecule has 0 N–H and O–H groups in total. The number of rotatable bonds is 5. The lowest BCUT2D eigenvalue weighted by atomic mass is 9.94. The van der Waals surface area contributed by atoms with E-state index in [0.29, 0.717) is 42.7 Å². The standard InChI is InChI=1S/C21H19N5O3S/c27-21(17-10-18(28-24-17)15-4-1-6-22-11-15)26-7-2-3-14(12-26)9-19-23-20(25-29-19)16-5-8-30-13-16/h1,4-6,8,10-11,13-14H,2-3,7,9,12H2/t14-/m1/s1. The second-order valence-corrected chi connectivity index (χ2v) is 8.09. The summed E-state index contributed by atoms with van der Waals surface area (Å²) in [5.74, 6) is 1.90. The summed E-state index contributed by atoms with van der Waals surface area (Å²) < 4.78 is 10.8. The Morgan fingerprint density at radius 2 is 2.20 bits per heavy atom. The fraction of sp³-hybridized carbons (Fsp3) is 0.286. The first kappa shape index (κ1) is 18.7. The van der Waals surface area contributed by atoms with Crippen molar-refractivity contribution in [1.29, 1.82) is 0 Å². The van der Waals surface area contributed by atoms with E-state index in [4.69, 9.17) is 9.05 Å². The molecule has 8 nitrogen and oxygen atoms in total. The van der Waals surface area contributed by atoms with E-state index >= 15 is 0 Å². The molecular formula is C21H19N5O3S. The van der Waals surface area contributed by atoms with E-state index in [9.17, 15) is 4.79 Å². The van der Waals surface area contributed by atoms with Gasteiger partial charge in [0, 0.05) is 54.5 Å². The van der Waals surface area contributed by atoms with Crippen molar-refractivity contribution in [2.75, 3.05) is 13.1 Å². The summed E-state index contributed by atoms with van der Waals surface area (Å²) in [4.78, 5) is 23.3. The molecule has 1 aliphatic rings. The van der Waals surface area contributed by atoms with Crippen molar-refractivity contribution in [3.8, 4) is 22.7 Å². The third-order valence-corrected chi connectivity index (χ3v) is 5.88. The van der Waals surface area contributed by atoms with Crippen molar-refractivity contribution in [2.45, 2.75) is 19.3 Å². The molecule has 1 fully saturated rings. The summed E-state index contributed by atoms with van der Waals surface area (Å²) in [6.07, 6.45) is 5.96. The predicted octanol–water partition coefficient (Wildman–Crippen LogP) is 3.94. The van der Waals surface area contributed by atoms with Crippen LogP contribution in [-0.4, -0.2) is 44.2 Å². The van der Waals surface area contributed by atoms with Crippen LogP contribution in [0.2, 0.25) is 0 Å². The molecule has 1 atom stereocenters. The minimum Gasteiger partial charge on any atom is -0.355 e. The molecule has 1 amide bonds. The van der Waals surface area contributed by atoms with Gasteiger partial charge in [0.05, 0.1) is 0 Å². The van der Waals surface area contributed by atoms with E-state index < -0.39 is 0 Å². The summed E-state index contributed by atoms with van der Waals surface area (Å²) >= 11 is 1.60. The highest BCUT2D eigenvalue weighted by molar-refractivity contribution is 7.08. The van der Waals surface area contributed by atoms with Crippen LogP contribution in [0.25, 0.3) is 22.7 Å². The van der Waals surface area contributed by atoms with Gasteiger partial charge < -0.3 is 13.9 Å². The third-order valence-electron chi connectivity index (χ3n) is 5.19. The average Bonchev–Trinajstić information content (AvgIpc) is 3.55. The van der Waals surface area contributed by atoms with Crippen LogP contribution in [0.3, 0.4) is 0 Å². The summed E-state index contributed by atoms with van der Waals surface area (Å²) in [5.41, 5.74) is 2.07. The lowest BCUT2D eigenvalue weighted by Crippen LogP contribution is -2.40. The lowest BCUT2D eigenvalue weighted by molar-refractivity contribution is 0.0658. The molecule has 0 aliphatic carbocycles. The van der Waals surface area contributed by atoms with Gasteiger partial charge in [0.15, 0.2) is 11.5 Å². The number of carbonyl (C=O) groups is 1. The monoisotopic (exact) mass is 421 g/mol. The fourth-order valence-electron chi connectivity index (χ4n) is 3.69. The van der Waals surface area contributed by atoms with Gasteiger partial charge in [-0.3, -0.25) is 9.78 Å². The Morgan fingerprint density at radius 1 is 1.23 bits per heavy atom. The minimum atomic E-state index is -0.122. The van der Waals surface area contributed by atoms with Gasteiger partial charge in [-0.2, -0.15) is 16.3 Å². The number of nitrogens with zero attached hydrogens (tertiary/aromatic N) is 5. The Hall–Kier alpha value is -3.33. The SMILES string of the molecule is O=C(c1cc(-c2cccnc2)on1)N1CCC[C@H](Cc2nc(-c3ccsc3)no2)C1. The molecule has 0 bridgehead atoms. The Balaban J connectivity index is 1.24. The van der Waals surface area contributed by atoms with E-state index in [1.54, 1.807) is 29.8 Å². The zero-order valence-electron chi connectivity index (χ0n) is 16.1. The van der Waals surface area contributed by atoms with Crippen LogP contribution < -0.4 is 0 Å². The molecule has 1 aliphatic heterocycles. The normalized spacial score (nSPS) is 16.7. The second kappa shape index (κ2) is 8.19. The van der Waals surface area contributed by atoms with Crippen LogP contribution in [0.5, 0.6) is 0 Å². The van der Waals surface area contributed by atoms with E-state index in [1.165, 1.54) is 0 Å². The highest BCUT2D eigenvalue weighted by Crippen LogP contribution is 2.25. The summed E-state index contributed by atoms with van der Waals surface area (Å²) in [7, 11) is 0. The largest absolute Gasteiger partial charge is 0.355 e. The zero-order valence-corrected chi connectivity index (χ0v) is 16.9. The summed E-state index contributed by atoms with van der Waals surface area (Å²) in [6.45, 7) is 1.33. The molecule has 30 heavy (non-hydrogen) atoms. The van der Waals surface area contributed by atoms with Crippen LogP contribution in [0.4, 0.5) is 0 Å². The number of pyridine rings is 1. The second-order valence-electron chi connectivity index (χ2n) is 7.31. The first-order valence-corrected chi connectivity index (χ1v) is 10.7. The van der Waals surface area contributed by atoms with Crippen molar-refractivity contribution >= 4 is 17.2 Å². The number of likely N-dealkylation sites (tertiary alicyclic amines) is 1. The molecule has 0 saturated carbocycles. The number of hydrogen-bond donors (Lipinski definition) is 0. The van der Waals surface area contributed by atoms with Gasteiger partial charge in [-0.25, -0.2) is 0 Å². The highest BCUT2D eigenvalue weighted by atomic mass is 32.1. The molecule has 152 valence electrons. The molecule has 5 rings (SSSR count). The maximum absolute atomic E-state index is 12.9. The van der Waals surface area contributed by atoms with Crippen molar-refractivity contribution in [3.63, 3.8) is 0 Å². The molecule has 4 aromatic rings. The fourth-order valence-corrected chi connectivity index (χ4v) is 4.33. The molecule has 5 heterocycles. The maximum atomic E-state index is 12.9. The van der Waals surface area contributed by atoms with E-state index in [-0.39, 0.29) is 11.8 Å². The Labute approximate surface area is 176 Å².